The smallest absolute Gasteiger partial charge is 0.280 e. The first kappa shape index (κ1) is 22.0. The number of benzene rings is 2. The number of hydrogen-bond donors (Lipinski definition) is 1. The van der Waals surface area contributed by atoms with E-state index in [1.54, 1.807) is 12.1 Å². The molecular formula is C23H18F4N2O2S. The van der Waals surface area contributed by atoms with Gasteiger partial charge >= 0.3 is 0 Å². The summed E-state index contributed by atoms with van der Waals surface area (Å²) < 4.78 is 79.8. The van der Waals surface area contributed by atoms with Crippen LogP contribution < -0.4 is 4.72 Å². The highest BCUT2D eigenvalue weighted by molar-refractivity contribution is 7.92. The van der Waals surface area contributed by atoms with Crippen LogP contribution in [0.2, 0.25) is 0 Å². The number of nitrogens with one attached hydrogen (secondary N) is 1. The van der Waals surface area contributed by atoms with Crippen molar-refractivity contribution in [2.24, 2.45) is 0 Å². The molecule has 0 amide bonds. The number of anilines is 1. The highest BCUT2D eigenvalue weighted by atomic mass is 32.2. The Hall–Kier alpha value is -3.20. The van der Waals surface area contributed by atoms with Crippen LogP contribution in [-0.2, 0) is 22.9 Å². The SMILES string of the molecule is CS(=O)(=O)Nc1cc(F)cc(C=C2c3ccc(F)cc3CCc3nc(C(F)F)ccc32)c1. The fraction of sp³-hybridized carbons (Fsp3) is 0.174. The van der Waals surface area contributed by atoms with E-state index in [4.69, 9.17) is 0 Å². The van der Waals surface area contributed by atoms with Gasteiger partial charge in [-0.3, -0.25) is 9.71 Å². The lowest BCUT2D eigenvalue weighted by molar-refractivity contribution is 0.146. The second-order valence-corrected chi connectivity index (χ2v) is 9.29. The summed E-state index contributed by atoms with van der Waals surface area (Å²) in [5, 5.41) is 0. The van der Waals surface area contributed by atoms with Crippen LogP contribution in [0.1, 0.15) is 40.1 Å². The summed E-state index contributed by atoms with van der Waals surface area (Å²) in [7, 11) is -3.62. The summed E-state index contributed by atoms with van der Waals surface area (Å²) in [5.74, 6) is -1.09. The molecule has 1 N–H and O–H groups in total. The minimum Gasteiger partial charge on any atom is -0.284 e. The summed E-state index contributed by atoms with van der Waals surface area (Å²) in [5.41, 5.74) is 2.91. The summed E-state index contributed by atoms with van der Waals surface area (Å²) in [6.07, 6.45) is 0.550. The Labute approximate surface area is 182 Å². The van der Waals surface area contributed by atoms with Crippen molar-refractivity contribution in [3.05, 3.63) is 93.8 Å². The molecule has 4 rings (SSSR count). The number of nitrogens with zero attached hydrogens (tertiary/aromatic N) is 1. The Morgan fingerprint density at radius 3 is 2.44 bits per heavy atom. The number of hydrogen-bond acceptors (Lipinski definition) is 3. The first-order chi connectivity index (χ1) is 15.1. The van der Waals surface area contributed by atoms with Crippen molar-refractivity contribution in [2.75, 3.05) is 11.0 Å². The van der Waals surface area contributed by atoms with Crippen LogP contribution in [0.5, 0.6) is 0 Å². The molecule has 0 fully saturated rings. The molecule has 0 spiro atoms. The van der Waals surface area contributed by atoms with Crippen molar-refractivity contribution in [2.45, 2.75) is 19.3 Å². The average molecular weight is 462 g/mol. The van der Waals surface area contributed by atoms with Crippen LogP contribution in [0, 0.1) is 11.6 Å². The van der Waals surface area contributed by atoms with Crippen LogP contribution >= 0.6 is 0 Å². The summed E-state index contributed by atoms with van der Waals surface area (Å²) in [6, 6.07) is 10.7. The van der Waals surface area contributed by atoms with Gasteiger partial charge < -0.3 is 0 Å². The monoisotopic (exact) mass is 462 g/mol. The number of aryl methyl sites for hydroxylation is 2. The number of aromatic nitrogens is 1. The van der Waals surface area contributed by atoms with Crippen LogP contribution in [0.4, 0.5) is 23.2 Å². The van der Waals surface area contributed by atoms with Crippen molar-refractivity contribution in [1.29, 1.82) is 0 Å². The zero-order chi connectivity index (χ0) is 23.0. The highest BCUT2D eigenvalue weighted by Crippen LogP contribution is 2.36. The first-order valence-electron chi connectivity index (χ1n) is 9.66. The number of halogens is 4. The van der Waals surface area contributed by atoms with Gasteiger partial charge in [0.1, 0.15) is 17.3 Å². The Morgan fingerprint density at radius 1 is 0.969 bits per heavy atom. The van der Waals surface area contributed by atoms with E-state index in [-0.39, 0.29) is 11.4 Å². The van der Waals surface area contributed by atoms with E-state index < -0.39 is 28.1 Å². The molecule has 0 saturated heterocycles. The van der Waals surface area contributed by atoms with Crippen molar-refractivity contribution in [3.8, 4) is 0 Å². The van der Waals surface area contributed by atoms with Gasteiger partial charge in [0.2, 0.25) is 10.0 Å². The molecule has 0 unspecified atom stereocenters. The molecule has 32 heavy (non-hydrogen) atoms. The van der Waals surface area contributed by atoms with Crippen LogP contribution in [0.3, 0.4) is 0 Å². The normalized spacial score (nSPS) is 14.8. The molecule has 1 aliphatic rings. The Balaban J connectivity index is 1.92. The lowest BCUT2D eigenvalue weighted by Gasteiger charge is -2.13. The molecule has 4 nitrogen and oxygen atoms in total. The standard InChI is InChI=1S/C23H18F4N2O2S/c1-32(30,31)29-17-9-13(8-16(25)12-17)10-20-18-4-3-15(24)11-14(18)2-6-21-19(20)5-7-22(28-21)23(26)27/h3-5,7-12,23,29H,2,6H2,1H3. The summed E-state index contributed by atoms with van der Waals surface area (Å²) in [6.45, 7) is 0. The molecule has 0 radical (unpaired) electrons. The fourth-order valence-electron chi connectivity index (χ4n) is 3.80. The molecule has 1 aliphatic carbocycles. The van der Waals surface area contributed by atoms with Crippen molar-refractivity contribution >= 4 is 27.4 Å². The lowest BCUT2D eigenvalue weighted by atomic mass is 9.93. The molecule has 1 heterocycles. The van der Waals surface area contributed by atoms with E-state index in [0.717, 1.165) is 12.3 Å². The van der Waals surface area contributed by atoms with Gasteiger partial charge in [-0.25, -0.2) is 26.0 Å². The van der Waals surface area contributed by atoms with Gasteiger partial charge in [-0.15, -0.1) is 0 Å². The van der Waals surface area contributed by atoms with Crippen LogP contribution in [0.25, 0.3) is 11.6 Å². The molecule has 2 aromatic carbocycles. The predicted octanol–water partition coefficient (Wildman–Crippen LogP) is 5.36. The second kappa shape index (κ2) is 8.38. The largest absolute Gasteiger partial charge is 0.284 e. The molecule has 0 bridgehead atoms. The van der Waals surface area contributed by atoms with E-state index >= 15 is 0 Å². The maximum Gasteiger partial charge on any atom is 0.280 e. The third kappa shape index (κ3) is 4.83. The van der Waals surface area contributed by atoms with Gasteiger partial charge in [-0.1, -0.05) is 12.1 Å². The van der Waals surface area contributed by atoms with E-state index in [1.807, 2.05) is 0 Å². The molecule has 166 valence electrons. The quantitative estimate of drug-likeness (QED) is 0.532. The summed E-state index contributed by atoms with van der Waals surface area (Å²) >= 11 is 0. The predicted molar refractivity (Wildman–Crippen MR) is 115 cm³/mol. The third-order valence-corrected chi connectivity index (χ3v) is 5.64. The molecule has 0 aliphatic heterocycles. The van der Waals surface area contributed by atoms with E-state index in [2.05, 4.69) is 9.71 Å². The zero-order valence-electron chi connectivity index (χ0n) is 16.9. The van der Waals surface area contributed by atoms with Crippen molar-refractivity contribution in [1.82, 2.24) is 4.98 Å². The van der Waals surface area contributed by atoms with Gasteiger partial charge in [0.25, 0.3) is 6.43 Å². The fourth-order valence-corrected chi connectivity index (χ4v) is 4.34. The number of pyridine rings is 1. The van der Waals surface area contributed by atoms with Gasteiger partial charge in [-0.05, 0) is 77.6 Å². The minimum atomic E-state index is -3.62. The van der Waals surface area contributed by atoms with E-state index in [1.165, 1.54) is 36.4 Å². The number of fused-ring (bicyclic) bond motifs is 2. The van der Waals surface area contributed by atoms with Crippen LogP contribution in [0.15, 0.2) is 48.5 Å². The van der Waals surface area contributed by atoms with Gasteiger partial charge in [0.15, 0.2) is 0 Å². The zero-order valence-corrected chi connectivity index (χ0v) is 17.7. The number of rotatable bonds is 4. The molecule has 0 saturated carbocycles. The van der Waals surface area contributed by atoms with Crippen LogP contribution in [-0.4, -0.2) is 19.7 Å². The van der Waals surface area contributed by atoms with Crippen molar-refractivity contribution < 1.29 is 26.0 Å². The maximum absolute atomic E-state index is 14.2. The summed E-state index contributed by atoms with van der Waals surface area (Å²) in [4.78, 5) is 4.10. The highest BCUT2D eigenvalue weighted by Gasteiger charge is 2.22. The third-order valence-electron chi connectivity index (χ3n) is 5.03. The minimum absolute atomic E-state index is 0.0405. The van der Waals surface area contributed by atoms with Gasteiger partial charge in [0, 0.05) is 11.3 Å². The Bertz CT molecular complexity index is 1340. The molecule has 1 aromatic heterocycles. The van der Waals surface area contributed by atoms with Gasteiger partial charge in [0.05, 0.1) is 11.9 Å². The number of alkyl halides is 2. The topological polar surface area (TPSA) is 59.1 Å². The average Bonchev–Trinajstić information content (AvgIpc) is 2.83. The molecule has 9 heteroatoms. The molecule has 0 atom stereocenters. The van der Waals surface area contributed by atoms with E-state index in [9.17, 15) is 26.0 Å². The van der Waals surface area contributed by atoms with E-state index in [0.29, 0.717) is 46.4 Å². The molecule has 3 aromatic rings. The Morgan fingerprint density at radius 2 is 1.72 bits per heavy atom. The molecular weight excluding hydrogens is 444 g/mol. The number of sulfonamides is 1. The Kier molecular flexibility index (Phi) is 5.77. The maximum atomic E-state index is 14.2. The lowest BCUT2D eigenvalue weighted by Crippen LogP contribution is -2.09. The second-order valence-electron chi connectivity index (χ2n) is 7.54. The first-order valence-corrected chi connectivity index (χ1v) is 11.6. The van der Waals surface area contributed by atoms with Crippen molar-refractivity contribution in [3.63, 3.8) is 0 Å². The van der Waals surface area contributed by atoms with Gasteiger partial charge in [-0.2, -0.15) is 0 Å².